The van der Waals surface area contributed by atoms with Crippen LogP contribution in [0, 0.1) is 11.7 Å². The van der Waals surface area contributed by atoms with Crippen LogP contribution < -0.4 is 11.1 Å². The SMILES string of the molecule is NC(=O)c1ccccc1NC(=O)[C@@H]1C[C@H]1c1ccc(-c2ccc(F)cc2)nc1.O=C(O)C(F)(F)F. The van der Waals surface area contributed by atoms with E-state index in [0.29, 0.717) is 11.3 Å². The van der Waals surface area contributed by atoms with Gasteiger partial charge in [0.25, 0.3) is 5.91 Å². The Labute approximate surface area is 196 Å². The Hall–Kier alpha value is -4.28. The number of carbonyl (C=O) groups is 3. The van der Waals surface area contributed by atoms with Crippen molar-refractivity contribution in [1.29, 1.82) is 0 Å². The van der Waals surface area contributed by atoms with Gasteiger partial charge in [-0.2, -0.15) is 13.2 Å². The molecule has 182 valence electrons. The molecule has 4 N–H and O–H groups in total. The van der Waals surface area contributed by atoms with Gasteiger partial charge in [-0.15, -0.1) is 0 Å². The monoisotopic (exact) mass is 489 g/mol. The topological polar surface area (TPSA) is 122 Å². The van der Waals surface area contributed by atoms with Crippen molar-refractivity contribution in [3.8, 4) is 11.3 Å². The third kappa shape index (κ3) is 6.62. The number of pyridine rings is 1. The van der Waals surface area contributed by atoms with E-state index in [1.165, 1.54) is 12.1 Å². The number of amides is 2. The first-order valence-electron chi connectivity index (χ1n) is 10.2. The highest BCUT2D eigenvalue weighted by Crippen LogP contribution is 2.48. The van der Waals surface area contributed by atoms with Crippen molar-refractivity contribution in [3.63, 3.8) is 0 Å². The van der Waals surface area contributed by atoms with Crippen LogP contribution in [0.2, 0.25) is 0 Å². The highest BCUT2D eigenvalue weighted by Gasteiger charge is 2.44. The molecular weight excluding hydrogens is 470 g/mol. The predicted molar refractivity (Wildman–Crippen MR) is 118 cm³/mol. The molecule has 3 aromatic rings. The number of aliphatic carboxylic acids is 1. The maximum absolute atomic E-state index is 13.0. The van der Waals surface area contributed by atoms with Crippen LogP contribution in [0.1, 0.15) is 28.3 Å². The number of alkyl halides is 3. The number of carboxylic acid groups (broad SMARTS) is 1. The van der Waals surface area contributed by atoms with Crippen molar-refractivity contribution in [1.82, 2.24) is 4.98 Å². The standard InChI is InChI=1S/C22H18FN3O2.C2HF3O2/c23-15-8-5-13(6-9-15)19-10-7-14(12-25-19)17-11-18(17)22(28)26-20-4-2-1-3-16(20)21(24)27;3-2(4,5)1(6)7/h1-10,12,17-18H,11H2,(H2,24,27)(H,26,28);(H,6,7)/t17-,18+;/m0./s1. The maximum atomic E-state index is 13.0. The Kier molecular flexibility index (Phi) is 7.48. The number of para-hydroxylation sites is 1. The van der Waals surface area contributed by atoms with Crippen LogP contribution in [0.4, 0.5) is 23.2 Å². The fourth-order valence-electron chi connectivity index (χ4n) is 3.30. The number of rotatable bonds is 5. The Morgan fingerprint density at radius 2 is 1.63 bits per heavy atom. The van der Waals surface area contributed by atoms with Gasteiger partial charge in [0.15, 0.2) is 0 Å². The summed E-state index contributed by atoms with van der Waals surface area (Å²) in [5.74, 6) is -3.84. The summed E-state index contributed by atoms with van der Waals surface area (Å²) in [5, 5.41) is 9.93. The molecule has 35 heavy (non-hydrogen) atoms. The van der Waals surface area contributed by atoms with E-state index in [1.54, 1.807) is 42.6 Å². The molecule has 2 aromatic carbocycles. The number of primary amides is 1. The number of aromatic nitrogens is 1. The van der Waals surface area contributed by atoms with E-state index in [9.17, 15) is 27.2 Å². The number of carboxylic acids is 1. The summed E-state index contributed by atoms with van der Waals surface area (Å²) in [6, 6.07) is 16.7. The summed E-state index contributed by atoms with van der Waals surface area (Å²) in [6.07, 6.45) is -2.60. The zero-order valence-electron chi connectivity index (χ0n) is 17.9. The fourth-order valence-corrected chi connectivity index (χ4v) is 3.30. The van der Waals surface area contributed by atoms with Crippen molar-refractivity contribution in [2.75, 3.05) is 5.32 Å². The molecule has 11 heteroatoms. The van der Waals surface area contributed by atoms with E-state index in [-0.39, 0.29) is 23.6 Å². The molecule has 0 bridgehead atoms. The second-order valence-corrected chi connectivity index (χ2v) is 7.63. The Bertz CT molecular complexity index is 1230. The summed E-state index contributed by atoms with van der Waals surface area (Å²) in [7, 11) is 0. The summed E-state index contributed by atoms with van der Waals surface area (Å²) < 4.78 is 44.8. The number of anilines is 1. The number of hydrogen-bond acceptors (Lipinski definition) is 4. The van der Waals surface area contributed by atoms with Gasteiger partial charge in [0.05, 0.1) is 16.9 Å². The minimum absolute atomic E-state index is 0.0931. The highest BCUT2D eigenvalue weighted by atomic mass is 19.4. The first kappa shape index (κ1) is 25.3. The van der Waals surface area contributed by atoms with Crippen LogP contribution >= 0.6 is 0 Å². The van der Waals surface area contributed by atoms with E-state index >= 15 is 0 Å². The third-order valence-corrected chi connectivity index (χ3v) is 5.17. The predicted octanol–water partition coefficient (Wildman–Crippen LogP) is 4.36. The van der Waals surface area contributed by atoms with Crippen LogP contribution in [0.15, 0.2) is 66.9 Å². The average molecular weight is 489 g/mol. The number of nitrogens with two attached hydrogens (primary N) is 1. The van der Waals surface area contributed by atoms with Gasteiger partial charge >= 0.3 is 12.1 Å². The Morgan fingerprint density at radius 3 is 2.17 bits per heavy atom. The molecule has 1 fully saturated rings. The van der Waals surface area contributed by atoms with Gasteiger partial charge in [0, 0.05) is 17.7 Å². The Balaban J connectivity index is 0.000000429. The summed E-state index contributed by atoms with van der Waals surface area (Å²) >= 11 is 0. The largest absolute Gasteiger partial charge is 0.490 e. The lowest BCUT2D eigenvalue weighted by molar-refractivity contribution is -0.192. The van der Waals surface area contributed by atoms with E-state index in [2.05, 4.69) is 10.3 Å². The first-order chi connectivity index (χ1) is 16.5. The van der Waals surface area contributed by atoms with Crippen LogP contribution in [0.25, 0.3) is 11.3 Å². The molecule has 1 aromatic heterocycles. The number of benzene rings is 2. The zero-order valence-corrected chi connectivity index (χ0v) is 17.9. The molecule has 7 nitrogen and oxygen atoms in total. The number of hydrogen-bond donors (Lipinski definition) is 3. The highest BCUT2D eigenvalue weighted by molar-refractivity contribution is 6.04. The van der Waals surface area contributed by atoms with Crippen molar-refractivity contribution < 1.29 is 37.1 Å². The van der Waals surface area contributed by atoms with E-state index < -0.39 is 18.1 Å². The van der Waals surface area contributed by atoms with Gasteiger partial charge in [0.2, 0.25) is 5.91 Å². The van der Waals surface area contributed by atoms with Crippen LogP contribution in [-0.4, -0.2) is 34.1 Å². The number of nitrogens with one attached hydrogen (secondary N) is 1. The lowest BCUT2D eigenvalue weighted by atomic mass is 10.1. The molecule has 4 rings (SSSR count). The first-order valence-corrected chi connectivity index (χ1v) is 10.2. The molecule has 1 heterocycles. The van der Waals surface area contributed by atoms with E-state index in [4.69, 9.17) is 15.6 Å². The second kappa shape index (κ2) is 10.3. The summed E-state index contributed by atoms with van der Waals surface area (Å²) in [4.78, 5) is 37.4. The fraction of sp³-hybridized carbons (Fsp3) is 0.167. The lowest BCUT2D eigenvalue weighted by Gasteiger charge is -2.09. The summed E-state index contributed by atoms with van der Waals surface area (Å²) in [6.45, 7) is 0. The third-order valence-electron chi connectivity index (χ3n) is 5.17. The molecule has 0 unspecified atom stereocenters. The van der Waals surface area contributed by atoms with Gasteiger partial charge in [-0.05, 0) is 60.4 Å². The van der Waals surface area contributed by atoms with E-state index in [0.717, 1.165) is 23.2 Å². The molecule has 1 aliphatic rings. The van der Waals surface area contributed by atoms with Crippen LogP contribution in [-0.2, 0) is 9.59 Å². The molecular formula is C24H19F4N3O4. The molecule has 0 aliphatic heterocycles. The van der Waals surface area contributed by atoms with Crippen LogP contribution in [0.3, 0.4) is 0 Å². The van der Waals surface area contributed by atoms with Gasteiger partial charge < -0.3 is 16.2 Å². The minimum atomic E-state index is -5.08. The smallest absolute Gasteiger partial charge is 0.475 e. The second-order valence-electron chi connectivity index (χ2n) is 7.63. The normalized spacial score (nSPS) is 16.5. The molecule has 1 saturated carbocycles. The van der Waals surface area contributed by atoms with E-state index in [1.807, 2.05) is 12.1 Å². The maximum Gasteiger partial charge on any atom is 0.490 e. The number of carbonyl (C=O) groups excluding carboxylic acids is 2. The van der Waals surface area contributed by atoms with Crippen LogP contribution in [0.5, 0.6) is 0 Å². The molecule has 1 aliphatic carbocycles. The minimum Gasteiger partial charge on any atom is -0.475 e. The van der Waals surface area contributed by atoms with Gasteiger partial charge in [-0.1, -0.05) is 18.2 Å². The summed E-state index contributed by atoms with van der Waals surface area (Å²) in [5.41, 5.74) is 8.63. The van der Waals surface area contributed by atoms with Crippen molar-refractivity contribution in [2.24, 2.45) is 11.7 Å². The van der Waals surface area contributed by atoms with Crippen molar-refractivity contribution in [2.45, 2.75) is 18.5 Å². The lowest BCUT2D eigenvalue weighted by Crippen LogP contribution is -2.21. The number of nitrogens with zero attached hydrogens (tertiary/aromatic N) is 1. The van der Waals surface area contributed by atoms with Crippen molar-refractivity contribution in [3.05, 3.63) is 83.8 Å². The average Bonchev–Trinajstić information content (AvgIpc) is 3.61. The number of halogens is 4. The molecule has 0 saturated heterocycles. The molecule has 2 atom stereocenters. The van der Waals surface area contributed by atoms with Gasteiger partial charge in [-0.3, -0.25) is 14.6 Å². The van der Waals surface area contributed by atoms with Crippen molar-refractivity contribution >= 4 is 23.5 Å². The molecule has 2 amide bonds. The molecule has 0 spiro atoms. The zero-order chi connectivity index (χ0) is 25.8. The Morgan fingerprint density at radius 1 is 1.00 bits per heavy atom. The quantitative estimate of drug-likeness (QED) is 0.460. The van der Waals surface area contributed by atoms with Gasteiger partial charge in [0.1, 0.15) is 5.82 Å². The van der Waals surface area contributed by atoms with Gasteiger partial charge in [-0.25, -0.2) is 9.18 Å². The molecule has 0 radical (unpaired) electrons.